The fraction of sp³-hybridized carbons (Fsp3) is 0.769. The first-order chi connectivity index (χ1) is 7.74. The summed E-state index contributed by atoms with van der Waals surface area (Å²) in [6, 6.07) is 1.26. The summed E-state index contributed by atoms with van der Waals surface area (Å²) in [5.41, 5.74) is 2.50. The van der Waals surface area contributed by atoms with Crippen LogP contribution in [0.4, 0.5) is 0 Å². The standard InChI is InChI=1S/C13H23N3/c1-4-8-14-12-6-5-7-13(12)16-9-15-10(2)11(16)3/h9,12-14H,4-8H2,1-3H3. The number of nitrogens with one attached hydrogen (secondary N) is 1. The molecule has 0 aromatic carbocycles. The molecule has 1 saturated carbocycles. The van der Waals surface area contributed by atoms with Gasteiger partial charge in [-0.2, -0.15) is 0 Å². The largest absolute Gasteiger partial charge is 0.330 e. The van der Waals surface area contributed by atoms with Gasteiger partial charge in [-0.25, -0.2) is 4.98 Å². The monoisotopic (exact) mass is 221 g/mol. The quantitative estimate of drug-likeness (QED) is 0.847. The summed E-state index contributed by atoms with van der Waals surface area (Å²) in [7, 11) is 0. The van der Waals surface area contributed by atoms with Crippen molar-refractivity contribution in [1.29, 1.82) is 0 Å². The number of hydrogen-bond donors (Lipinski definition) is 1. The first kappa shape index (κ1) is 11.6. The number of hydrogen-bond acceptors (Lipinski definition) is 2. The summed E-state index contributed by atoms with van der Waals surface area (Å²) in [5.74, 6) is 0. The second-order valence-corrected chi connectivity index (χ2v) is 4.88. The summed E-state index contributed by atoms with van der Waals surface area (Å²) >= 11 is 0. The van der Waals surface area contributed by atoms with Gasteiger partial charge in [-0.05, 0) is 46.1 Å². The molecule has 3 heteroatoms. The molecule has 16 heavy (non-hydrogen) atoms. The van der Waals surface area contributed by atoms with Gasteiger partial charge < -0.3 is 9.88 Å². The molecule has 1 aliphatic rings. The van der Waals surface area contributed by atoms with E-state index < -0.39 is 0 Å². The molecule has 2 unspecified atom stereocenters. The first-order valence-electron chi connectivity index (χ1n) is 6.47. The highest BCUT2D eigenvalue weighted by atomic mass is 15.1. The zero-order valence-corrected chi connectivity index (χ0v) is 10.7. The Hall–Kier alpha value is -0.830. The topological polar surface area (TPSA) is 29.9 Å². The van der Waals surface area contributed by atoms with E-state index in [1.807, 2.05) is 6.33 Å². The summed E-state index contributed by atoms with van der Waals surface area (Å²) in [4.78, 5) is 4.41. The van der Waals surface area contributed by atoms with Gasteiger partial charge >= 0.3 is 0 Å². The number of nitrogens with zero attached hydrogens (tertiary/aromatic N) is 2. The van der Waals surface area contributed by atoms with Gasteiger partial charge in [0, 0.05) is 11.7 Å². The second kappa shape index (κ2) is 5.00. The smallest absolute Gasteiger partial charge is 0.0954 e. The normalized spacial score (nSPS) is 25.2. The van der Waals surface area contributed by atoms with Crippen LogP contribution in [-0.2, 0) is 0 Å². The summed E-state index contributed by atoms with van der Waals surface area (Å²) in [6.45, 7) is 7.63. The molecule has 0 radical (unpaired) electrons. The molecule has 1 aliphatic carbocycles. The summed E-state index contributed by atoms with van der Waals surface area (Å²) < 4.78 is 2.37. The van der Waals surface area contributed by atoms with Gasteiger partial charge in [-0.15, -0.1) is 0 Å². The predicted octanol–water partition coefficient (Wildman–Crippen LogP) is 2.59. The van der Waals surface area contributed by atoms with E-state index in [0.717, 1.165) is 6.54 Å². The first-order valence-corrected chi connectivity index (χ1v) is 6.47. The van der Waals surface area contributed by atoms with Crippen LogP contribution in [0.1, 0.15) is 50.0 Å². The minimum atomic E-state index is 0.618. The van der Waals surface area contributed by atoms with Crippen molar-refractivity contribution >= 4 is 0 Å². The molecular weight excluding hydrogens is 198 g/mol. The average molecular weight is 221 g/mol. The number of rotatable bonds is 4. The van der Waals surface area contributed by atoms with Crippen LogP contribution in [0.15, 0.2) is 6.33 Å². The number of imidazole rings is 1. The molecule has 0 bridgehead atoms. The van der Waals surface area contributed by atoms with Crippen molar-refractivity contribution in [3.8, 4) is 0 Å². The molecule has 0 spiro atoms. The van der Waals surface area contributed by atoms with Crippen LogP contribution in [-0.4, -0.2) is 22.1 Å². The van der Waals surface area contributed by atoms with Gasteiger partial charge in [0.25, 0.3) is 0 Å². The Morgan fingerprint density at radius 1 is 1.44 bits per heavy atom. The Morgan fingerprint density at radius 3 is 2.88 bits per heavy atom. The lowest BCUT2D eigenvalue weighted by Gasteiger charge is -2.23. The maximum atomic E-state index is 4.41. The highest BCUT2D eigenvalue weighted by Gasteiger charge is 2.28. The fourth-order valence-electron chi connectivity index (χ4n) is 2.69. The average Bonchev–Trinajstić information content (AvgIpc) is 2.85. The fourth-order valence-corrected chi connectivity index (χ4v) is 2.69. The van der Waals surface area contributed by atoms with E-state index in [4.69, 9.17) is 0 Å². The molecule has 1 N–H and O–H groups in total. The highest BCUT2D eigenvalue weighted by Crippen LogP contribution is 2.31. The van der Waals surface area contributed by atoms with Crippen molar-refractivity contribution in [3.05, 3.63) is 17.7 Å². The van der Waals surface area contributed by atoms with Gasteiger partial charge in [-0.1, -0.05) is 6.92 Å². The summed E-state index contributed by atoms with van der Waals surface area (Å²) in [5, 5.41) is 3.67. The van der Waals surface area contributed by atoms with E-state index in [9.17, 15) is 0 Å². The molecule has 0 aliphatic heterocycles. The van der Waals surface area contributed by atoms with Crippen molar-refractivity contribution < 1.29 is 0 Å². The van der Waals surface area contributed by atoms with Crippen molar-refractivity contribution in [2.45, 2.75) is 58.5 Å². The molecule has 1 heterocycles. The molecule has 2 atom stereocenters. The maximum absolute atomic E-state index is 4.41. The van der Waals surface area contributed by atoms with Gasteiger partial charge in [0.2, 0.25) is 0 Å². The Labute approximate surface area is 98.3 Å². The van der Waals surface area contributed by atoms with Crippen molar-refractivity contribution in [1.82, 2.24) is 14.9 Å². The van der Waals surface area contributed by atoms with Crippen LogP contribution >= 0.6 is 0 Å². The second-order valence-electron chi connectivity index (χ2n) is 4.88. The van der Waals surface area contributed by atoms with Crippen molar-refractivity contribution in [2.24, 2.45) is 0 Å². The molecular formula is C13H23N3. The molecule has 1 aromatic heterocycles. The van der Waals surface area contributed by atoms with E-state index >= 15 is 0 Å². The Balaban J connectivity index is 2.10. The van der Waals surface area contributed by atoms with Crippen LogP contribution in [0.3, 0.4) is 0 Å². The molecule has 1 fully saturated rings. The third-order valence-corrected chi connectivity index (χ3v) is 3.78. The van der Waals surface area contributed by atoms with Gasteiger partial charge in [-0.3, -0.25) is 0 Å². The summed E-state index contributed by atoms with van der Waals surface area (Å²) in [6.07, 6.45) is 7.16. The van der Waals surface area contributed by atoms with Crippen molar-refractivity contribution in [3.63, 3.8) is 0 Å². The molecule has 90 valence electrons. The van der Waals surface area contributed by atoms with Gasteiger partial charge in [0.05, 0.1) is 18.1 Å². The van der Waals surface area contributed by atoms with E-state index in [2.05, 4.69) is 35.6 Å². The molecule has 1 aromatic rings. The van der Waals surface area contributed by atoms with Crippen LogP contribution in [0.5, 0.6) is 0 Å². The Bertz CT molecular complexity index is 343. The number of aromatic nitrogens is 2. The van der Waals surface area contributed by atoms with E-state index in [-0.39, 0.29) is 0 Å². The SMILES string of the molecule is CCCNC1CCCC1n1cnc(C)c1C. The Morgan fingerprint density at radius 2 is 2.25 bits per heavy atom. The maximum Gasteiger partial charge on any atom is 0.0954 e. The van der Waals surface area contributed by atoms with Crippen LogP contribution < -0.4 is 5.32 Å². The van der Waals surface area contributed by atoms with Crippen LogP contribution in [0.2, 0.25) is 0 Å². The molecule has 0 saturated heterocycles. The van der Waals surface area contributed by atoms with Gasteiger partial charge in [0.15, 0.2) is 0 Å². The van der Waals surface area contributed by atoms with Crippen molar-refractivity contribution in [2.75, 3.05) is 6.54 Å². The van der Waals surface area contributed by atoms with E-state index in [0.29, 0.717) is 12.1 Å². The van der Waals surface area contributed by atoms with E-state index in [1.165, 1.54) is 37.1 Å². The minimum Gasteiger partial charge on any atom is -0.330 e. The highest BCUT2D eigenvalue weighted by molar-refractivity contribution is 5.11. The third kappa shape index (κ3) is 2.14. The minimum absolute atomic E-state index is 0.618. The van der Waals surface area contributed by atoms with Crippen LogP contribution in [0.25, 0.3) is 0 Å². The number of aryl methyl sites for hydroxylation is 1. The lowest BCUT2D eigenvalue weighted by Crippen LogP contribution is -2.34. The third-order valence-electron chi connectivity index (χ3n) is 3.78. The predicted molar refractivity (Wildman–Crippen MR) is 66.7 cm³/mol. The zero-order valence-electron chi connectivity index (χ0n) is 10.7. The molecule has 0 amide bonds. The van der Waals surface area contributed by atoms with Crippen LogP contribution in [0, 0.1) is 13.8 Å². The lowest BCUT2D eigenvalue weighted by atomic mass is 10.1. The lowest BCUT2D eigenvalue weighted by molar-refractivity contribution is 0.388. The molecule has 2 rings (SSSR count). The Kier molecular flexibility index (Phi) is 3.64. The zero-order chi connectivity index (χ0) is 11.5. The van der Waals surface area contributed by atoms with Gasteiger partial charge in [0.1, 0.15) is 0 Å². The molecule has 3 nitrogen and oxygen atoms in total. The van der Waals surface area contributed by atoms with E-state index in [1.54, 1.807) is 0 Å².